The first-order valence-corrected chi connectivity index (χ1v) is 9.87. The summed E-state index contributed by atoms with van der Waals surface area (Å²) in [6, 6.07) is 12.6. The predicted molar refractivity (Wildman–Crippen MR) is 113 cm³/mol. The lowest BCUT2D eigenvalue weighted by atomic mass is 9.77. The molecule has 156 valence electrons. The lowest BCUT2D eigenvalue weighted by Crippen LogP contribution is -2.21. The fourth-order valence-corrected chi connectivity index (χ4v) is 3.11. The minimum absolute atomic E-state index is 0.0162. The fourth-order valence-electron chi connectivity index (χ4n) is 3.11. The molecule has 2 rings (SSSR count). The van der Waals surface area contributed by atoms with Crippen molar-refractivity contribution in [2.24, 2.45) is 0 Å². The van der Waals surface area contributed by atoms with Gasteiger partial charge in [0.1, 0.15) is 5.56 Å². The van der Waals surface area contributed by atoms with Gasteiger partial charge < -0.3 is 14.9 Å². The first-order valence-electron chi connectivity index (χ1n) is 9.87. The zero-order valence-corrected chi connectivity index (χ0v) is 17.2. The normalized spacial score (nSPS) is 11.1. The molecule has 0 radical (unpaired) electrons. The summed E-state index contributed by atoms with van der Waals surface area (Å²) in [6.07, 6.45) is 3.17. The molecule has 6 heteroatoms. The highest BCUT2D eigenvalue weighted by Gasteiger charge is 2.27. The minimum atomic E-state index is -1.27. The van der Waals surface area contributed by atoms with Gasteiger partial charge in [-0.25, -0.2) is 9.59 Å². The molecule has 0 heterocycles. The van der Waals surface area contributed by atoms with E-state index in [4.69, 9.17) is 4.74 Å². The molecule has 0 aliphatic carbocycles. The van der Waals surface area contributed by atoms with Crippen LogP contribution in [0.2, 0.25) is 0 Å². The van der Waals surface area contributed by atoms with E-state index in [-0.39, 0.29) is 17.9 Å². The Labute approximate surface area is 171 Å². The molecule has 0 aliphatic rings. The first kappa shape index (κ1) is 22.3. The molecule has 0 atom stereocenters. The van der Waals surface area contributed by atoms with Gasteiger partial charge in [-0.2, -0.15) is 0 Å². The number of anilines is 1. The van der Waals surface area contributed by atoms with Crippen molar-refractivity contribution in [3.8, 4) is 5.75 Å². The molecule has 0 unspecified atom stereocenters. The molecule has 0 bridgehead atoms. The average molecular weight is 399 g/mol. The van der Waals surface area contributed by atoms with Crippen LogP contribution in [0, 0.1) is 0 Å². The molecular formula is C23H29NO5. The molecule has 0 saturated carbocycles. The van der Waals surface area contributed by atoms with E-state index in [0.717, 1.165) is 31.2 Å². The molecule has 2 aromatic rings. The number of hydrogen-bond acceptors (Lipinski definition) is 4. The van der Waals surface area contributed by atoms with Gasteiger partial charge in [-0.05, 0) is 29.7 Å². The maximum Gasteiger partial charge on any atom is 0.411 e. The SMILES string of the molecule is CCCCCCOC(=O)Nc1cc(C(C)(C)c2ccccc2)cc(C(=O)O)c1O. The number of unbranched alkanes of at least 4 members (excludes halogenated alkanes) is 3. The minimum Gasteiger partial charge on any atom is -0.505 e. The highest BCUT2D eigenvalue weighted by molar-refractivity contribution is 5.96. The number of rotatable bonds is 9. The van der Waals surface area contributed by atoms with Crippen LogP contribution in [0.5, 0.6) is 5.75 Å². The van der Waals surface area contributed by atoms with Crippen molar-refractivity contribution in [3.63, 3.8) is 0 Å². The summed E-state index contributed by atoms with van der Waals surface area (Å²) in [7, 11) is 0. The smallest absolute Gasteiger partial charge is 0.411 e. The van der Waals surface area contributed by atoms with Crippen LogP contribution in [0.3, 0.4) is 0 Å². The second-order valence-corrected chi connectivity index (χ2v) is 7.54. The predicted octanol–water partition coefficient (Wildman–Crippen LogP) is 5.55. The van der Waals surface area contributed by atoms with Crippen LogP contribution >= 0.6 is 0 Å². The van der Waals surface area contributed by atoms with E-state index in [2.05, 4.69) is 12.2 Å². The van der Waals surface area contributed by atoms with Crippen molar-refractivity contribution < 1.29 is 24.5 Å². The molecule has 0 spiro atoms. The monoisotopic (exact) mass is 399 g/mol. The van der Waals surface area contributed by atoms with Crippen molar-refractivity contribution in [1.29, 1.82) is 0 Å². The standard InChI is InChI=1S/C23H29NO5/c1-4-5-6-10-13-29-22(28)24-19-15-17(14-18(20(19)25)21(26)27)23(2,3)16-11-8-7-9-12-16/h7-9,11-12,14-15,25H,4-6,10,13H2,1-3H3,(H,24,28)(H,26,27). The Hall–Kier alpha value is -3.02. The third kappa shape index (κ3) is 5.73. The number of carboxylic acid groups (broad SMARTS) is 1. The van der Waals surface area contributed by atoms with Crippen molar-refractivity contribution in [2.45, 2.75) is 51.9 Å². The molecule has 0 aliphatic heterocycles. The summed E-state index contributed by atoms with van der Waals surface area (Å²) in [5.41, 5.74) is 0.829. The Kier molecular flexibility index (Phi) is 7.65. The second kappa shape index (κ2) is 9.96. The summed E-state index contributed by atoms with van der Waals surface area (Å²) in [4.78, 5) is 23.8. The number of carbonyl (C=O) groups excluding carboxylic acids is 1. The third-order valence-corrected chi connectivity index (χ3v) is 5.03. The molecule has 0 saturated heterocycles. The van der Waals surface area contributed by atoms with Crippen LogP contribution in [-0.2, 0) is 10.2 Å². The topological polar surface area (TPSA) is 95.9 Å². The molecule has 3 N–H and O–H groups in total. The summed E-state index contributed by atoms with van der Waals surface area (Å²) < 4.78 is 5.15. The van der Waals surface area contributed by atoms with Crippen molar-refractivity contribution in [1.82, 2.24) is 0 Å². The zero-order valence-electron chi connectivity index (χ0n) is 17.2. The summed E-state index contributed by atoms with van der Waals surface area (Å²) in [6.45, 7) is 6.28. The van der Waals surface area contributed by atoms with Gasteiger partial charge in [-0.15, -0.1) is 0 Å². The van der Waals surface area contributed by atoms with Crippen LogP contribution in [0.25, 0.3) is 0 Å². The van der Waals surface area contributed by atoms with E-state index in [9.17, 15) is 19.8 Å². The number of benzene rings is 2. The second-order valence-electron chi connectivity index (χ2n) is 7.54. The Morgan fingerprint density at radius 2 is 1.72 bits per heavy atom. The van der Waals surface area contributed by atoms with Crippen LogP contribution in [0.15, 0.2) is 42.5 Å². The number of nitrogens with one attached hydrogen (secondary N) is 1. The van der Waals surface area contributed by atoms with Crippen LogP contribution in [0.4, 0.5) is 10.5 Å². The summed E-state index contributed by atoms with van der Waals surface area (Å²) in [5.74, 6) is -1.77. The lowest BCUT2D eigenvalue weighted by molar-refractivity contribution is 0.0693. The Morgan fingerprint density at radius 3 is 2.34 bits per heavy atom. The molecule has 29 heavy (non-hydrogen) atoms. The number of phenols is 1. The number of amides is 1. The van der Waals surface area contributed by atoms with Crippen LogP contribution in [-0.4, -0.2) is 28.9 Å². The van der Waals surface area contributed by atoms with Gasteiger partial charge in [0.15, 0.2) is 5.75 Å². The summed E-state index contributed by atoms with van der Waals surface area (Å²) in [5, 5.41) is 22.3. The Bertz CT molecular complexity index is 846. The van der Waals surface area contributed by atoms with E-state index < -0.39 is 23.2 Å². The van der Waals surface area contributed by atoms with Gasteiger partial charge in [0, 0.05) is 5.41 Å². The third-order valence-electron chi connectivity index (χ3n) is 5.03. The van der Waals surface area contributed by atoms with Crippen LogP contribution < -0.4 is 5.32 Å². The van der Waals surface area contributed by atoms with Gasteiger partial charge in [-0.1, -0.05) is 70.4 Å². The van der Waals surface area contributed by atoms with Gasteiger partial charge in [-0.3, -0.25) is 5.32 Å². The fraction of sp³-hybridized carbons (Fsp3) is 0.391. The highest BCUT2D eigenvalue weighted by Crippen LogP contribution is 2.38. The van der Waals surface area contributed by atoms with E-state index >= 15 is 0 Å². The average Bonchev–Trinajstić information content (AvgIpc) is 2.69. The van der Waals surface area contributed by atoms with Gasteiger partial charge >= 0.3 is 12.1 Å². The largest absolute Gasteiger partial charge is 0.505 e. The number of hydrogen-bond donors (Lipinski definition) is 3. The number of aromatic carboxylic acids is 1. The molecular weight excluding hydrogens is 370 g/mol. The molecule has 0 aromatic heterocycles. The number of carboxylic acids is 1. The van der Waals surface area contributed by atoms with Gasteiger partial charge in [0.2, 0.25) is 0 Å². The molecule has 0 fully saturated rings. The van der Waals surface area contributed by atoms with E-state index in [0.29, 0.717) is 5.56 Å². The molecule has 6 nitrogen and oxygen atoms in total. The number of carbonyl (C=O) groups is 2. The Balaban J connectivity index is 2.28. The number of aromatic hydroxyl groups is 1. The van der Waals surface area contributed by atoms with Gasteiger partial charge in [0.25, 0.3) is 0 Å². The first-order chi connectivity index (χ1) is 13.8. The Morgan fingerprint density at radius 1 is 1.03 bits per heavy atom. The van der Waals surface area contributed by atoms with Gasteiger partial charge in [0.05, 0.1) is 12.3 Å². The zero-order chi connectivity index (χ0) is 21.4. The highest BCUT2D eigenvalue weighted by atomic mass is 16.5. The summed E-state index contributed by atoms with van der Waals surface area (Å²) >= 11 is 0. The molecule has 2 aromatic carbocycles. The van der Waals surface area contributed by atoms with E-state index in [1.54, 1.807) is 6.07 Å². The maximum absolute atomic E-state index is 12.1. The maximum atomic E-state index is 12.1. The van der Waals surface area contributed by atoms with E-state index in [1.165, 1.54) is 6.07 Å². The van der Waals surface area contributed by atoms with E-state index in [1.807, 2.05) is 44.2 Å². The lowest BCUT2D eigenvalue weighted by Gasteiger charge is -2.27. The van der Waals surface area contributed by atoms with Crippen molar-refractivity contribution >= 4 is 17.7 Å². The number of ether oxygens (including phenoxy) is 1. The molecule has 1 amide bonds. The van der Waals surface area contributed by atoms with Crippen molar-refractivity contribution in [2.75, 3.05) is 11.9 Å². The van der Waals surface area contributed by atoms with Crippen LogP contribution in [0.1, 0.15) is 67.9 Å². The van der Waals surface area contributed by atoms with Crippen molar-refractivity contribution in [3.05, 3.63) is 59.2 Å². The quantitative estimate of drug-likeness (QED) is 0.380.